The molecule has 2 aromatic rings. The van der Waals surface area contributed by atoms with E-state index in [-0.39, 0.29) is 10.9 Å². The van der Waals surface area contributed by atoms with Gasteiger partial charge in [-0.3, -0.25) is 0 Å². The van der Waals surface area contributed by atoms with Gasteiger partial charge >= 0.3 is 0 Å². The Hall–Kier alpha value is -1.96. The Morgan fingerprint density at radius 3 is 2.44 bits per heavy atom. The molecule has 1 heterocycles. The zero-order valence-electron chi connectivity index (χ0n) is 8.27. The first-order valence-electron chi connectivity index (χ1n) is 4.26. The van der Waals surface area contributed by atoms with Gasteiger partial charge in [-0.15, -0.1) is 0 Å². The fourth-order valence-corrected chi connectivity index (χ4v) is 1.81. The molecule has 0 radical (unpaired) electrons. The predicted molar refractivity (Wildman–Crippen MR) is 53.9 cm³/mol. The van der Waals surface area contributed by atoms with Gasteiger partial charge in [-0.1, -0.05) is 5.10 Å². The minimum Gasteiger partial charge on any atom is -0.508 e. The smallest absolute Gasteiger partial charge is 0.272 e. The molecule has 0 aliphatic carbocycles. The summed E-state index contributed by atoms with van der Waals surface area (Å²) in [4.78, 5) is 0. The van der Waals surface area contributed by atoms with Crippen LogP contribution in [-0.2, 0) is 9.84 Å². The van der Waals surface area contributed by atoms with E-state index in [4.69, 9.17) is 5.11 Å². The number of rotatable bonds is 2. The van der Waals surface area contributed by atoms with Crippen LogP contribution in [0.25, 0.3) is 5.69 Å². The molecule has 0 aliphatic heterocycles. The van der Waals surface area contributed by atoms with Gasteiger partial charge in [-0.25, -0.2) is 8.42 Å². The maximum atomic E-state index is 11.3. The molecule has 8 heteroatoms. The topological polar surface area (TPSA) is 98.0 Å². The van der Waals surface area contributed by atoms with Crippen LogP contribution in [-0.4, -0.2) is 40.0 Å². The van der Waals surface area contributed by atoms with Crippen LogP contribution in [0.2, 0.25) is 0 Å². The van der Waals surface area contributed by atoms with Gasteiger partial charge in [0.25, 0.3) is 5.16 Å². The highest BCUT2D eigenvalue weighted by Gasteiger charge is 2.18. The second-order valence-corrected chi connectivity index (χ2v) is 5.07. The third-order valence-electron chi connectivity index (χ3n) is 1.87. The number of sulfone groups is 1. The Labute approximate surface area is 91.3 Å². The van der Waals surface area contributed by atoms with Gasteiger partial charge in [0.15, 0.2) is 0 Å². The molecule has 1 aromatic carbocycles. The largest absolute Gasteiger partial charge is 0.508 e. The highest BCUT2D eigenvalue weighted by molar-refractivity contribution is 7.90. The Kier molecular flexibility index (Phi) is 2.35. The van der Waals surface area contributed by atoms with E-state index in [9.17, 15) is 8.42 Å². The molecule has 0 bridgehead atoms. The highest BCUT2D eigenvalue weighted by atomic mass is 32.2. The zero-order chi connectivity index (χ0) is 11.8. The van der Waals surface area contributed by atoms with E-state index in [0.717, 1.165) is 10.9 Å². The van der Waals surface area contributed by atoms with Gasteiger partial charge in [0.2, 0.25) is 9.84 Å². The van der Waals surface area contributed by atoms with Crippen LogP contribution >= 0.6 is 0 Å². The van der Waals surface area contributed by atoms with Crippen molar-refractivity contribution in [2.75, 3.05) is 6.26 Å². The number of hydrogen-bond acceptors (Lipinski definition) is 6. The van der Waals surface area contributed by atoms with Gasteiger partial charge in [0.05, 0.1) is 5.69 Å². The summed E-state index contributed by atoms with van der Waals surface area (Å²) in [6.45, 7) is 0. The van der Waals surface area contributed by atoms with Crippen LogP contribution < -0.4 is 0 Å². The maximum Gasteiger partial charge on any atom is 0.272 e. The van der Waals surface area contributed by atoms with E-state index >= 15 is 0 Å². The molecule has 2 rings (SSSR count). The fourth-order valence-electron chi connectivity index (χ4n) is 1.17. The van der Waals surface area contributed by atoms with Gasteiger partial charge < -0.3 is 5.11 Å². The highest BCUT2D eigenvalue weighted by Crippen LogP contribution is 2.15. The van der Waals surface area contributed by atoms with Crippen LogP contribution in [0, 0.1) is 0 Å². The summed E-state index contributed by atoms with van der Waals surface area (Å²) in [7, 11) is -3.48. The number of phenols is 1. The molecule has 16 heavy (non-hydrogen) atoms. The normalized spacial score (nSPS) is 11.6. The minimum absolute atomic E-state index is 0.0812. The minimum atomic E-state index is -3.48. The second kappa shape index (κ2) is 3.56. The molecule has 7 nitrogen and oxygen atoms in total. The number of aromatic nitrogens is 4. The first kappa shape index (κ1) is 10.6. The SMILES string of the molecule is CS(=O)(=O)c1nnnn1-c1ccc(O)cc1. The van der Waals surface area contributed by atoms with Crippen molar-refractivity contribution in [3.8, 4) is 11.4 Å². The Morgan fingerprint density at radius 1 is 1.25 bits per heavy atom. The standard InChI is InChI=1S/C8H8N4O3S/c1-16(14,15)8-9-10-11-12(8)6-2-4-7(13)5-3-6/h2-5,13H,1H3. The van der Waals surface area contributed by atoms with E-state index in [2.05, 4.69) is 15.5 Å². The van der Waals surface area contributed by atoms with Crippen molar-refractivity contribution in [2.24, 2.45) is 0 Å². The summed E-state index contributed by atoms with van der Waals surface area (Å²) in [5.74, 6) is 0.0812. The third-order valence-corrected chi connectivity index (χ3v) is 2.78. The van der Waals surface area contributed by atoms with Crippen molar-refractivity contribution in [2.45, 2.75) is 5.16 Å². The van der Waals surface area contributed by atoms with Crippen LogP contribution in [0.15, 0.2) is 29.4 Å². The lowest BCUT2D eigenvalue weighted by Crippen LogP contribution is -2.08. The third kappa shape index (κ3) is 1.87. The number of nitrogens with zero attached hydrogens (tertiary/aromatic N) is 4. The summed E-state index contributed by atoms with van der Waals surface area (Å²) in [5, 5.41) is 19.2. The lowest BCUT2D eigenvalue weighted by atomic mass is 10.3. The summed E-state index contributed by atoms with van der Waals surface area (Å²) in [6, 6.07) is 5.87. The van der Waals surface area contributed by atoms with Crippen molar-refractivity contribution >= 4 is 9.84 Å². The van der Waals surface area contributed by atoms with E-state index in [1.807, 2.05) is 0 Å². The summed E-state index contributed by atoms with van der Waals surface area (Å²) in [6.07, 6.45) is 1.02. The number of benzene rings is 1. The van der Waals surface area contributed by atoms with Crippen molar-refractivity contribution in [3.63, 3.8) is 0 Å². The first-order chi connectivity index (χ1) is 7.48. The van der Waals surface area contributed by atoms with Gasteiger partial charge in [-0.2, -0.15) is 4.68 Å². The Balaban J connectivity index is 2.58. The molecule has 0 fully saturated rings. The molecule has 84 valence electrons. The predicted octanol–water partition coefficient (Wildman–Crippen LogP) is -0.229. The molecule has 0 saturated heterocycles. The Bertz CT molecular complexity index is 602. The van der Waals surface area contributed by atoms with E-state index in [1.54, 1.807) is 0 Å². The van der Waals surface area contributed by atoms with E-state index < -0.39 is 9.84 Å². The summed E-state index contributed by atoms with van der Waals surface area (Å²) in [5.41, 5.74) is 0.461. The molecule has 0 spiro atoms. The van der Waals surface area contributed by atoms with Crippen molar-refractivity contribution < 1.29 is 13.5 Å². The maximum absolute atomic E-state index is 11.3. The summed E-state index contributed by atoms with van der Waals surface area (Å²) >= 11 is 0. The number of hydrogen-bond donors (Lipinski definition) is 1. The van der Waals surface area contributed by atoms with Gasteiger partial charge in [0.1, 0.15) is 5.75 Å². The van der Waals surface area contributed by atoms with Crippen LogP contribution in [0.4, 0.5) is 0 Å². The van der Waals surface area contributed by atoms with Crippen LogP contribution in [0.3, 0.4) is 0 Å². The lowest BCUT2D eigenvalue weighted by molar-refractivity contribution is 0.475. The zero-order valence-corrected chi connectivity index (χ0v) is 9.09. The quantitative estimate of drug-likeness (QED) is 0.778. The van der Waals surface area contributed by atoms with Crippen LogP contribution in [0.1, 0.15) is 0 Å². The average molecular weight is 240 g/mol. The molecular formula is C8H8N4O3S. The van der Waals surface area contributed by atoms with Crippen molar-refractivity contribution in [1.82, 2.24) is 20.2 Å². The molecule has 0 unspecified atom stereocenters. The van der Waals surface area contributed by atoms with E-state index in [1.165, 1.54) is 24.3 Å². The van der Waals surface area contributed by atoms with Gasteiger partial charge in [-0.05, 0) is 34.7 Å². The molecule has 1 N–H and O–H groups in total. The van der Waals surface area contributed by atoms with E-state index in [0.29, 0.717) is 5.69 Å². The molecule has 0 atom stereocenters. The average Bonchev–Trinajstić information content (AvgIpc) is 2.66. The monoisotopic (exact) mass is 240 g/mol. The molecule has 0 aliphatic rings. The second-order valence-electron chi connectivity index (χ2n) is 3.16. The first-order valence-corrected chi connectivity index (χ1v) is 6.15. The van der Waals surface area contributed by atoms with Crippen LogP contribution in [0.5, 0.6) is 5.75 Å². The van der Waals surface area contributed by atoms with Crippen molar-refractivity contribution in [1.29, 1.82) is 0 Å². The van der Waals surface area contributed by atoms with Gasteiger partial charge in [0, 0.05) is 6.26 Å². The molecule has 0 saturated carbocycles. The summed E-state index contributed by atoms with van der Waals surface area (Å²) < 4.78 is 23.8. The lowest BCUT2D eigenvalue weighted by Gasteiger charge is -2.02. The fraction of sp³-hybridized carbons (Fsp3) is 0.125. The molecule has 0 amide bonds. The number of tetrazole rings is 1. The molecule has 1 aromatic heterocycles. The van der Waals surface area contributed by atoms with Crippen molar-refractivity contribution in [3.05, 3.63) is 24.3 Å². The molecular weight excluding hydrogens is 232 g/mol. The number of phenolic OH excluding ortho intramolecular Hbond substituents is 1. The number of aromatic hydroxyl groups is 1. The Morgan fingerprint density at radius 2 is 1.88 bits per heavy atom.